The highest BCUT2D eigenvalue weighted by Gasteiger charge is 2.12. The number of nitrogens with two attached hydrogens (primary N) is 1. The van der Waals surface area contributed by atoms with Crippen molar-refractivity contribution in [3.8, 4) is 0 Å². The Morgan fingerprint density at radius 2 is 1.94 bits per heavy atom. The van der Waals surface area contributed by atoms with Crippen LogP contribution in [0.25, 0.3) is 0 Å². The van der Waals surface area contributed by atoms with Gasteiger partial charge in [0, 0.05) is 32.0 Å². The molecule has 5 nitrogen and oxygen atoms in total. The molecule has 17 heavy (non-hydrogen) atoms. The minimum absolute atomic E-state index is 0.0633. The lowest BCUT2D eigenvalue weighted by Gasteiger charge is -2.12. The third kappa shape index (κ3) is 4.24. The molecule has 1 aromatic rings. The van der Waals surface area contributed by atoms with Gasteiger partial charge in [0.05, 0.1) is 5.75 Å². The van der Waals surface area contributed by atoms with Crippen LogP contribution in [0.5, 0.6) is 0 Å². The van der Waals surface area contributed by atoms with Crippen molar-refractivity contribution in [3.63, 3.8) is 0 Å². The second-order valence-corrected chi connectivity index (χ2v) is 6.46. The first kappa shape index (κ1) is 13.8. The van der Waals surface area contributed by atoms with E-state index in [1.807, 2.05) is 19.1 Å². The average Bonchev–Trinajstić information content (AvgIpc) is 2.15. The molecular weight excluding hydrogens is 238 g/mol. The van der Waals surface area contributed by atoms with Crippen molar-refractivity contribution in [2.45, 2.75) is 6.92 Å². The largest absolute Gasteiger partial charge is 0.399 e. The van der Waals surface area contributed by atoms with Gasteiger partial charge in [0.25, 0.3) is 0 Å². The van der Waals surface area contributed by atoms with Gasteiger partial charge in [-0.2, -0.15) is 0 Å². The van der Waals surface area contributed by atoms with E-state index >= 15 is 0 Å². The minimum Gasteiger partial charge on any atom is -0.399 e. The first-order chi connectivity index (χ1) is 7.81. The molecule has 0 fully saturated rings. The summed E-state index contributed by atoms with van der Waals surface area (Å²) in [6, 6.07) is 5.58. The number of hydrogen-bond acceptors (Lipinski definition) is 4. The molecule has 0 heterocycles. The lowest BCUT2D eigenvalue weighted by atomic mass is 10.2. The van der Waals surface area contributed by atoms with Crippen LogP contribution in [0, 0.1) is 6.92 Å². The van der Waals surface area contributed by atoms with Gasteiger partial charge >= 0.3 is 0 Å². The van der Waals surface area contributed by atoms with Crippen LogP contribution >= 0.6 is 0 Å². The second-order valence-electron chi connectivity index (χ2n) is 4.16. The van der Waals surface area contributed by atoms with Crippen LogP contribution in [0.1, 0.15) is 5.56 Å². The Balaban J connectivity index is 2.57. The first-order valence-corrected chi connectivity index (χ1v) is 6.93. The average molecular weight is 257 g/mol. The molecule has 1 rings (SSSR count). The SMILES string of the molecule is Cc1cc(N)cc(NCCS(=O)(=O)N(C)C)c1. The summed E-state index contributed by atoms with van der Waals surface area (Å²) in [6.07, 6.45) is 0. The molecule has 6 heteroatoms. The summed E-state index contributed by atoms with van der Waals surface area (Å²) in [6.45, 7) is 2.31. The highest BCUT2D eigenvalue weighted by molar-refractivity contribution is 7.89. The molecule has 1 aromatic carbocycles. The molecule has 0 bridgehead atoms. The molecular formula is C11H19N3O2S. The first-order valence-electron chi connectivity index (χ1n) is 5.32. The maximum atomic E-state index is 11.5. The highest BCUT2D eigenvalue weighted by atomic mass is 32.2. The summed E-state index contributed by atoms with van der Waals surface area (Å²) in [7, 11) is -0.0935. The molecule has 0 aliphatic heterocycles. The van der Waals surface area contributed by atoms with Gasteiger partial charge in [-0.15, -0.1) is 0 Å². The fourth-order valence-electron chi connectivity index (χ4n) is 1.42. The summed E-state index contributed by atoms with van der Waals surface area (Å²) in [5.41, 5.74) is 8.26. The van der Waals surface area contributed by atoms with Gasteiger partial charge in [0.2, 0.25) is 10.0 Å². The lowest BCUT2D eigenvalue weighted by molar-refractivity contribution is 0.521. The van der Waals surface area contributed by atoms with Crippen molar-refractivity contribution in [3.05, 3.63) is 23.8 Å². The molecule has 0 spiro atoms. The van der Waals surface area contributed by atoms with Gasteiger partial charge in [-0.05, 0) is 30.7 Å². The van der Waals surface area contributed by atoms with E-state index in [2.05, 4.69) is 5.32 Å². The topological polar surface area (TPSA) is 75.4 Å². The van der Waals surface area contributed by atoms with Crippen molar-refractivity contribution >= 4 is 21.4 Å². The van der Waals surface area contributed by atoms with Crippen LogP contribution in [0.3, 0.4) is 0 Å². The van der Waals surface area contributed by atoms with Crippen LogP contribution in [0.4, 0.5) is 11.4 Å². The minimum atomic E-state index is -3.15. The van der Waals surface area contributed by atoms with Crippen LogP contribution in [0.2, 0.25) is 0 Å². The highest BCUT2D eigenvalue weighted by Crippen LogP contribution is 2.15. The lowest BCUT2D eigenvalue weighted by Crippen LogP contribution is -2.28. The molecule has 0 amide bonds. The third-order valence-electron chi connectivity index (χ3n) is 2.35. The third-order valence-corrected chi connectivity index (χ3v) is 4.18. The zero-order valence-electron chi connectivity index (χ0n) is 10.4. The maximum absolute atomic E-state index is 11.5. The Hall–Kier alpha value is -1.27. The fourth-order valence-corrected chi connectivity index (χ4v) is 2.15. The van der Waals surface area contributed by atoms with Gasteiger partial charge in [0.15, 0.2) is 0 Å². The Morgan fingerprint density at radius 1 is 1.29 bits per heavy atom. The number of aryl methyl sites for hydroxylation is 1. The van der Waals surface area contributed by atoms with Crippen molar-refractivity contribution in [2.24, 2.45) is 0 Å². The molecule has 0 atom stereocenters. The van der Waals surface area contributed by atoms with Crippen LogP contribution in [-0.4, -0.2) is 39.1 Å². The van der Waals surface area contributed by atoms with E-state index in [-0.39, 0.29) is 5.75 Å². The molecule has 0 saturated carbocycles. The van der Waals surface area contributed by atoms with E-state index in [9.17, 15) is 8.42 Å². The molecule has 0 aliphatic rings. The number of hydrogen-bond donors (Lipinski definition) is 2. The zero-order valence-corrected chi connectivity index (χ0v) is 11.2. The van der Waals surface area contributed by atoms with Crippen LogP contribution in [0.15, 0.2) is 18.2 Å². The maximum Gasteiger partial charge on any atom is 0.215 e. The Labute approximate surface area is 103 Å². The summed E-state index contributed by atoms with van der Waals surface area (Å²) >= 11 is 0. The van der Waals surface area contributed by atoms with E-state index in [1.165, 1.54) is 18.4 Å². The van der Waals surface area contributed by atoms with Crippen molar-refractivity contribution in [1.82, 2.24) is 4.31 Å². The van der Waals surface area contributed by atoms with Gasteiger partial charge in [-0.3, -0.25) is 0 Å². The molecule has 0 aromatic heterocycles. The number of anilines is 2. The normalized spacial score (nSPS) is 11.8. The Morgan fingerprint density at radius 3 is 2.47 bits per heavy atom. The van der Waals surface area contributed by atoms with Crippen molar-refractivity contribution in [2.75, 3.05) is 37.4 Å². The van der Waals surface area contributed by atoms with E-state index < -0.39 is 10.0 Å². The van der Waals surface area contributed by atoms with E-state index in [4.69, 9.17) is 5.73 Å². The summed E-state index contributed by atoms with van der Waals surface area (Å²) < 4.78 is 24.3. The number of benzene rings is 1. The molecule has 0 saturated heterocycles. The Kier molecular flexibility index (Phi) is 4.36. The summed E-state index contributed by atoms with van der Waals surface area (Å²) in [5.74, 6) is 0.0633. The molecule has 3 N–H and O–H groups in total. The summed E-state index contributed by atoms with van der Waals surface area (Å²) in [4.78, 5) is 0. The van der Waals surface area contributed by atoms with Gasteiger partial charge in [-0.1, -0.05) is 0 Å². The van der Waals surface area contributed by atoms with Gasteiger partial charge in [-0.25, -0.2) is 12.7 Å². The Bertz CT molecular complexity index is 463. The number of nitrogens with one attached hydrogen (secondary N) is 1. The van der Waals surface area contributed by atoms with Crippen molar-refractivity contribution < 1.29 is 8.42 Å². The van der Waals surface area contributed by atoms with Gasteiger partial charge < -0.3 is 11.1 Å². The molecule has 0 unspecified atom stereocenters. The molecule has 0 aliphatic carbocycles. The quantitative estimate of drug-likeness (QED) is 0.768. The number of rotatable bonds is 5. The smallest absolute Gasteiger partial charge is 0.215 e. The number of sulfonamides is 1. The zero-order chi connectivity index (χ0) is 13.1. The number of nitrogen functional groups attached to an aromatic ring is 1. The molecule has 96 valence electrons. The standard InChI is InChI=1S/C11H19N3O2S/c1-9-6-10(12)8-11(7-9)13-4-5-17(15,16)14(2)3/h6-8,13H,4-5,12H2,1-3H3. The van der Waals surface area contributed by atoms with Crippen LogP contribution < -0.4 is 11.1 Å². The predicted molar refractivity (Wildman–Crippen MR) is 71.6 cm³/mol. The summed E-state index contributed by atoms with van der Waals surface area (Å²) in [5, 5.41) is 3.05. The van der Waals surface area contributed by atoms with E-state index in [0.717, 1.165) is 11.3 Å². The van der Waals surface area contributed by atoms with Crippen LogP contribution in [-0.2, 0) is 10.0 Å². The fraction of sp³-hybridized carbons (Fsp3) is 0.455. The van der Waals surface area contributed by atoms with Crippen molar-refractivity contribution in [1.29, 1.82) is 0 Å². The molecule has 0 radical (unpaired) electrons. The van der Waals surface area contributed by atoms with E-state index in [1.54, 1.807) is 6.07 Å². The predicted octanol–water partition coefficient (Wildman–Crippen LogP) is 0.881. The number of nitrogens with zero attached hydrogens (tertiary/aromatic N) is 1. The monoisotopic (exact) mass is 257 g/mol. The van der Waals surface area contributed by atoms with E-state index in [0.29, 0.717) is 12.2 Å². The van der Waals surface area contributed by atoms with Gasteiger partial charge in [0.1, 0.15) is 0 Å². The second kappa shape index (κ2) is 5.37.